The van der Waals surface area contributed by atoms with E-state index in [1.54, 1.807) is 11.3 Å². The quantitative estimate of drug-likeness (QED) is 0.287. The molecule has 0 N–H and O–H groups in total. The van der Waals surface area contributed by atoms with E-state index in [2.05, 4.69) is 44.5 Å². The Labute approximate surface area is 189 Å². The molecule has 0 saturated heterocycles. The third-order valence-corrected chi connectivity index (χ3v) is 7.31. The number of thiazole rings is 1. The molecule has 0 aliphatic rings. The summed E-state index contributed by atoms with van der Waals surface area (Å²) >= 11 is 6.66. The summed E-state index contributed by atoms with van der Waals surface area (Å²) in [6.45, 7) is 2.81. The van der Waals surface area contributed by atoms with Crippen molar-refractivity contribution < 1.29 is 4.79 Å². The van der Waals surface area contributed by atoms with Crippen molar-refractivity contribution >= 4 is 65.6 Å². The zero-order chi connectivity index (χ0) is 20.7. The Morgan fingerprint density at radius 3 is 2.80 bits per heavy atom. The van der Waals surface area contributed by atoms with Gasteiger partial charge in [-0.05, 0) is 48.7 Å². The SMILES string of the molecule is CCn1c(=NC(=O)c2cc(-c3cccs3)nc3ccccc23)sc2cc(Br)ccc21. The highest BCUT2D eigenvalue weighted by atomic mass is 79.9. The molecule has 3 aromatic heterocycles. The van der Waals surface area contributed by atoms with Gasteiger partial charge in [-0.25, -0.2) is 4.98 Å². The average Bonchev–Trinajstić information content (AvgIpc) is 3.40. The minimum absolute atomic E-state index is 0.251. The lowest BCUT2D eigenvalue weighted by Crippen LogP contribution is -2.16. The Morgan fingerprint density at radius 2 is 2.00 bits per heavy atom. The molecule has 0 radical (unpaired) electrons. The highest BCUT2D eigenvalue weighted by molar-refractivity contribution is 9.10. The summed E-state index contributed by atoms with van der Waals surface area (Å²) in [5, 5.41) is 2.83. The van der Waals surface area contributed by atoms with Crippen molar-refractivity contribution in [1.29, 1.82) is 0 Å². The summed E-state index contributed by atoms with van der Waals surface area (Å²) < 4.78 is 4.18. The molecule has 30 heavy (non-hydrogen) atoms. The summed E-state index contributed by atoms with van der Waals surface area (Å²) in [5.41, 5.74) is 3.25. The molecule has 0 bridgehead atoms. The number of aromatic nitrogens is 2. The highest BCUT2D eigenvalue weighted by Gasteiger charge is 2.15. The molecule has 148 valence electrons. The molecule has 0 unspecified atom stereocenters. The number of para-hydroxylation sites is 1. The van der Waals surface area contributed by atoms with Crippen LogP contribution in [-0.2, 0) is 6.54 Å². The van der Waals surface area contributed by atoms with E-state index in [-0.39, 0.29) is 5.91 Å². The molecule has 5 aromatic rings. The lowest BCUT2D eigenvalue weighted by molar-refractivity contribution is 0.0999. The van der Waals surface area contributed by atoms with Crippen LogP contribution in [0, 0.1) is 0 Å². The molecule has 0 aliphatic heterocycles. The van der Waals surface area contributed by atoms with Gasteiger partial charge in [0.1, 0.15) is 0 Å². The summed E-state index contributed by atoms with van der Waals surface area (Å²) in [6, 6.07) is 19.7. The van der Waals surface area contributed by atoms with Crippen LogP contribution < -0.4 is 4.80 Å². The normalized spacial score (nSPS) is 12.1. The van der Waals surface area contributed by atoms with Gasteiger partial charge >= 0.3 is 0 Å². The topological polar surface area (TPSA) is 47.2 Å². The third kappa shape index (κ3) is 3.43. The van der Waals surface area contributed by atoms with Crippen molar-refractivity contribution in [3.8, 4) is 10.6 Å². The minimum atomic E-state index is -0.251. The van der Waals surface area contributed by atoms with Gasteiger partial charge < -0.3 is 4.57 Å². The van der Waals surface area contributed by atoms with Crippen molar-refractivity contribution in [2.75, 3.05) is 0 Å². The molecule has 7 heteroatoms. The van der Waals surface area contributed by atoms with Crippen molar-refractivity contribution in [3.05, 3.63) is 80.9 Å². The van der Waals surface area contributed by atoms with Crippen molar-refractivity contribution in [2.24, 2.45) is 4.99 Å². The second-order valence-electron chi connectivity index (χ2n) is 6.71. The lowest BCUT2D eigenvalue weighted by atomic mass is 10.1. The summed E-state index contributed by atoms with van der Waals surface area (Å²) in [6.07, 6.45) is 0. The maximum absolute atomic E-state index is 13.4. The van der Waals surface area contributed by atoms with E-state index in [9.17, 15) is 4.79 Å². The summed E-state index contributed by atoms with van der Waals surface area (Å²) in [7, 11) is 0. The van der Waals surface area contributed by atoms with E-state index in [0.29, 0.717) is 10.4 Å². The van der Waals surface area contributed by atoms with E-state index in [0.717, 1.165) is 42.7 Å². The molecule has 4 nitrogen and oxygen atoms in total. The van der Waals surface area contributed by atoms with Crippen LogP contribution >= 0.6 is 38.6 Å². The number of halogens is 1. The second kappa shape index (κ2) is 7.91. The van der Waals surface area contributed by atoms with Crippen LogP contribution in [-0.4, -0.2) is 15.5 Å². The van der Waals surface area contributed by atoms with Crippen LogP contribution in [0.15, 0.2) is 75.5 Å². The first-order valence-corrected chi connectivity index (χ1v) is 11.9. The number of fused-ring (bicyclic) bond motifs is 2. The minimum Gasteiger partial charge on any atom is -0.317 e. The fraction of sp³-hybridized carbons (Fsp3) is 0.0870. The van der Waals surface area contributed by atoms with E-state index in [4.69, 9.17) is 4.98 Å². The van der Waals surface area contributed by atoms with Gasteiger partial charge in [0.25, 0.3) is 5.91 Å². The maximum Gasteiger partial charge on any atom is 0.280 e. The standard InChI is InChI=1S/C23H16BrN3OS2/c1-2-27-19-10-9-14(24)12-21(19)30-23(27)26-22(28)16-13-18(20-8-5-11-29-20)25-17-7-4-3-6-15(16)17/h3-13H,2H2,1H3. The van der Waals surface area contributed by atoms with Gasteiger partial charge in [-0.1, -0.05) is 51.5 Å². The molecular formula is C23H16BrN3OS2. The van der Waals surface area contributed by atoms with Crippen molar-refractivity contribution in [1.82, 2.24) is 9.55 Å². The number of hydrogen-bond acceptors (Lipinski definition) is 4. The smallest absolute Gasteiger partial charge is 0.280 e. The molecule has 0 atom stereocenters. The van der Waals surface area contributed by atoms with Gasteiger partial charge in [0.15, 0.2) is 4.80 Å². The number of amides is 1. The van der Waals surface area contributed by atoms with Gasteiger partial charge in [0, 0.05) is 16.4 Å². The fourth-order valence-electron chi connectivity index (χ4n) is 3.49. The summed E-state index contributed by atoms with van der Waals surface area (Å²) in [5.74, 6) is -0.251. The zero-order valence-corrected chi connectivity index (χ0v) is 19.2. The number of thiophene rings is 1. The average molecular weight is 494 g/mol. The van der Waals surface area contributed by atoms with Crippen LogP contribution in [0.1, 0.15) is 17.3 Å². The molecule has 0 aliphatic carbocycles. The van der Waals surface area contributed by atoms with Crippen LogP contribution in [0.5, 0.6) is 0 Å². The molecule has 5 rings (SSSR count). The van der Waals surface area contributed by atoms with Crippen LogP contribution in [0.2, 0.25) is 0 Å². The van der Waals surface area contributed by atoms with Crippen LogP contribution in [0.3, 0.4) is 0 Å². The van der Waals surface area contributed by atoms with Gasteiger partial charge in [-0.15, -0.1) is 11.3 Å². The van der Waals surface area contributed by atoms with Crippen LogP contribution in [0.25, 0.3) is 31.7 Å². The number of rotatable bonds is 3. The number of hydrogen-bond donors (Lipinski definition) is 0. The Morgan fingerprint density at radius 1 is 1.13 bits per heavy atom. The number of aryl methyl sites for hydroxylation is 1. The van der Waals surface area contributed by atoms with E-state index in [1.807, 2.05) is 53.9 Å². The number of benzene rings is 2. The van der Waals surface area contributed by atoms with Crippen molar-refractivity contribution in [2.45, 2.75) is 13.5 Å². The number of carbonyl (C=O) groups excluding carboxylic acids is 1. The number of pyridine rings is 1. The predicted octanol–water partition coefficient (Wildman–Crippen LogP) is 6.50. The monoisotopic (exact) mass is 493 g/mol. The third-order valence-electron chi connectivity index (χ3n) is 4.88. The molecule has 0 spiro atoms. The molecule has 0 saturated carbocycles. The van der Waals surface area contributed by atoms with E-state index >= 15 is 0 Å². The maximum atomic E-state index is 13.4. The molecular weight excluding hydrogens is 478 g/mol. The first kappa shape index (κ1) is 19.4. The molecule has 3 heterocycles. The molecule has 0 fully saturated rings. The fourth-order valence-corrected chi connectivity index (χ4v) is 5.82. The largest absolute Gasteiger partial charge is 0.317 e. The van der Waals surface area contributed by atoms with E-state index < -0.39 is 0 Å². The Balaban J connectivity index is 1.71. The number of nitrogens with zero attached hydrogens (tertiary/aromatic N) is 3. The van der Waals surface area contributed by atoms with Gasteiger partial charge in [-0.3, -0.25) is 4.79 Å². The Hall–Kier alpha value is -2.61. The van der Waals surface area contributed by atoms with E-state index in [1.165, 1.54) is 11.3 Å². The molecule has 1 amide bonds. The first-order chi connectivity index (χ1) is 14.6. The summed E-state index contributed by atoms with van der Waals surface area (Å²) in [4.78, 5) is 24.4. The second-order valence-corrected chi connectivity index (χ2v) is 9.58. The van der Waals surface area contributed by atoms with Gasteiger partial charge in [-0.2, -0.15) is 4.99 Å². The van der Waals surface area contributed by atoms with Gasteiger partial charge in [0.05, 0.1) is 31.9 Å². The number of carbonyl (C=O) groups is 1. The Kier molecular flexibility index (Phi) is 5.10. The lowest BCUT2D eigenvalue weighted by Gasteiger charge is -2.06. The highest BCUT2D eigenvalue weighted by Crippen LogP contribution is 2.28. The van der Waals surface area contributed by atoms with Crippen molar-refractivity contribution in [3.63, 3.8) is 0 Å². The zero-order valence-electron chi connectivity index (χ0n) is 16.0. The van der Waals surface area contributed by atoms with Gasteiger partial charge in [0.2, 0.25) is 0 Å². The Bertz CT molecular complexity index is 1470. The van der Waals surface area contributed by atoms with Crippen LogP contribution in [0.4, 0.5) is 0 Å². The first-order valence-electron chi connectivity index (χ1n) is 9.45. The predicted molar refractivity (Wildman–Crippen MR) is 128 cm³/mol. The molecule has 2 aromatic carbocycles.